The van der Waals surface area contributed by atoms with Crippen LogP contribution in [0.4, 0.5) is 0 Å². The average Bonchev–Trinajstić information content (AvgIpc) is 2.49. The third-order valence-corrected chi connectivity index (χ3v) is 4.59. The minimum Gasteiger partial charge on any atom is -0.391 e. The summed E-state index contributed by atoms with van der Waals surface area (Å²) in [6.07, 6.45) is 3.36. The van der Waals surface area contributed by atoms with Crippen molar-refractivity contribution in [1.29, 1.82) is 0 Å². The second-order valence-electron chi connectivity index (χ2n) is 4.78. The second kappa shape index (κ2) is 4.42. The van der Waals surface area contributed by atoms with Gasteiger partial charge in [0.05, 0.1) is 6.10 Å². The first-order chi connectivity index (χ1) is 6.66. The predicted octanol–water partition coefficient (Wildman–Crippen LogP) is 1.73. The molecule has 0 aromatic heterocycles. The van der Waals surface area contributed by atoms with Gasteiger partial charge in [-0.3, -0.25) is 4.90 Å². The van der Waals surface area contributed by atoms with Gasteiger partial charge in [0.25, 0.3) is 0 Å². The Hall–Kier alpha value is 0.270. The molecule has 14 heavy (non-hydrogen) atoms. The van der Waals surface area contributed by atoms with E-state index in [1.165, 1.54) is 12.8 Å². The van der Waals surface area contributed by atoms with Crippen molar-refractivity contribution < 1.29 is 5.11 Å². The highest BCUT2D eigenvalue weighted by molar-refractivity contribution is 8.00. The van der Waals surface area contributed by atoms with Crippen molar-refractivity contribution in [2.24, 2.45) is 0 Å². The van der Waals surface area contributed by atoms with Crippen molar-refractivity contribution in [2.45, 2.75) is 55.8 Å². The fraction of sp³-hybridized carbons (Fsp3) is 1.00. The molecule has 4 atom stereocenters. The summed E-state index contributed by atoms with van der Waals surface area (Å²) in [5.74, 6) is 0. The van der Waals surface area contributed by atoms with Crippen molar-refractivity contribution >= 4 is 11.8 Å². The van der Waals surface area contributed by atoms with E-state index in [9.17, 15) is 5.11 Å². The molecule has 2 nitrogen and oxygen atoms in total. The topological polar surface area (TPSA) is 23.5 Å². The average molecular weight is 215 g/mol. The van der Waals surface area contributed by atoms with Gasteiger partial charge in [0.15, 0.2) is 0 Å². The van der Waals surface area contributed by atoms with Crippen LogP contribution in [0, 0.1) is 0 Å². The summed E-state index contributed by atoms with van der Waals surface area (Å²) in [7, 11) is 0. The predicted molar refractivity (Wildman–Crippen MR) is 61.7 cm³/mol. The van der Waals surface area contributed by atoms with Crippen LogP contribution < -0.4 is 0 Å². The van der Waals surface area contributed by atoms with Gasteiger partial charge in [0, 0.05) is 29.6 Å². The molecule has 2 fully saturated rings. The minimum absolute atomic E-state index is 0.0579. The number of rotatable bonds is 1. The van der Waals surface area contributed by atoms with Crippen molar-refractivity contribution in [3.05, 3.63) is 0 Å². The van der Waals surface area contributed by atoms with E-state index >= 15 is 0 Å². The van der Waals surface area contributed by atoms with Crippen LogP contribution in [0.1, 0.15) is 33.1 Å². The SMILES string of the molecule is CC1CN(C2CCCC2O)CC(C)S1. The Balaban J connectivity index is 1.95. The Labute approximate surface area is 91.1 Å². The Kier molecular flexibility index (Phi) is 3.40. The third kappa shape index (κ3) is 2.26. The molecule has 1 aliphatic heterocycles. The van der Waals surface area contributed by atoms with Crippen molar-refractivity contribution in [2.75, 3.05) is 13.1 Å². The van der Waals surface area contributed by atoms with Gasteiger partial charge >= 0.3 is 0 Å². The van der Waals surface area contributed by atoms with Gasteiger partial charge in [0.1, 0.15) is 0 Å². The van der Waals surface area contributed by atoms with Gasteiger partial charge in [-0.25, -0.2) is 0 Å². The highest BCUT2D eigenvalue weighted by Crippen LogP contribution is 2.31. The maximum atomic E-state index is 9.87. The van der Waals surface area contributed by atoms with Gasteiger partial charge in [-0.2, -0.15) is 11.8 Å². The number of aliphatic hydroxyl groups is 1. The van der Waals surface area contributed by atoms with Gasteiger partial charge in [-0.1, -0.05) is 13.8 Å². The van der Waals surface area contributed by atoms with E-state index in [1.54, 1.807) is 0 Å². The lowest BCUT2D eigenvalue weighted by molar-refractivity contribution is 0.0698. The van der Waals surface area contributed by atoms with Crippen LogP contribution in [0.5, 0.6) is 0 Å². The molecule has 2 rings (SSSR count). The molecule has 3 heteroatoms. The first kappa shape index (κ1) is 10.8. The van der Waals surface area contributed by atoms with E-state index in [4.69, 9.17) is 0 Å². The number of aliphatic hydroxyl groups excluding tert-OH is 1. The molecular weight excluding hydrogens is 194 g/mol. The lowest BCUT2D eigenvalue weighted by atomic mass is 10.1. The van der Waals surface area contributed by atoms with Gasteiger partial charge in [-0.05, 0) is 19.3 Å². The van der Waals surface area contributed by atoms with Crippen molar-refractivity contribution in [3.63, 3.8) is 0 Å². The zero-order valence-corrected chi connectivity index (χ0v) is 9.96. The minimum atomic E-state index is -0.0579. The summed E-state index contributed by atoms with van der Waals surface area (Å²) >= 11 is 2.08. The summed E-state index contributed by atoms with van der Waals surface area (Å²) in [5, 5.41) is 11.3. The molecule has 0 radical (unpaired) electrons. The second-order valence-corrected chi connectivity index (χ2v) is 6.66. The van der Waals surface area contributed by atoms with E-state index in [-0.39, 0.29) is 6.10 Å². The van der Waals surface area contributed by atoms with Crippen LogP contribution in [-0.4, -0.2) is 45.7 Å². The summed E-state index contributed by atoms with van der Waals surface area (Å²) < 4.78 is 0. The van der Waals surface area contributed by atoms with E-state index in [0.29, 0.717) is 6.04 Å². The molecular formula is C11H21NOS. The number of thioether (sulfide) groups is 1. The molecule has 0 aromatic rings. The molecule has 1 saturated carbocycles. The van der Waals surface area contributed by atoms with Crippen molar-refractivity contribution in [3.8, 4) is 0 Å². The Morgan fingerprint density at radius 3 is 2.29 bits per heavy atom. The highest BCUT2D eigenvalue weighted by Gasteiger charge is 2.34. The Morgan fingerprint density at radius 1 is 1.14 bits per heavy atom. The molecule has 0 aromatic carbocycles. The van der Waals surface area contributed by atoms with E-state index in [2.05, 4.69) is 30.5 Å². The summed E-state index contributed by atoms with van der Waals surface area (Å²) in [4.78, 5) is 2.52. The molecule has 1 saturated heterocycles. The van der Waals surface area contributed by atoms with Crippen LogP contribution in [0.2, 0.25) is 0 Å². The fourth-order valence-electron chi connectivity index (χ4n) is 2.84. The molecule has 1 N–H and O–H groups in total. The fourth-order valence-corrected chi connectivity index (χ4v) is 4.18. The third-order valence-electron chi connectivity index (χ3n) is 3.36. The van der Waals surface area contributed by atoms with E-state index in [0.717, 1.165) is 30.0 Å². The van der Waals surface area contributed by atoms with Gasteiger partial charge < -0.3 is 5.11 Å². The largest absolute Gasteiger partial charge is 0.391 e. The van der Waals surface area contributed by atoms with E-state index < -0.39 is 0 Å². The van der Waals surface area contributed by atoms with Crippen LogP contribution in [0.25, 0.3) is 0 Å². The van der Waals surface area contributed by atoms with Gasteiger partial charge in [-0.15, -0.1) is 0 Å². The maximum absolute atomic E-state index is 9.87. The molecule has 2 aliphatic rings. The highest BCUT2D eigenvalue weighted by atomic mass is 32.2. The number of hydrogen-bond acceptors (Lipinski definition) is 3. The zero-order chi connectivity index (χ0) is 10.1. The summed E-state index contributed by atoms with van der Waals surface area (Å²) in [5.41, 5.74) is 0. The standard InChI is InChI=1S/C11H21NOS/c1-8-6-12(7-9(2)14-8)10-4-3-5-11(10)13/h8-11,13H,3-7H2,1-2H3. The van der Waals surface area contributed by atoms with Crippen LogP contribution in [-0.2, 0) is 0 Å². The lowest BCUT2D eigenvalue weighted by Gasteiger charge is -2.39. The first-order valence-corrected chi connectivity index (χ1v) is 6.68. The monoisotopic (exact) mass is 215 g/mol. The normalized spacial score (nSPS) is 45.6. The zero-order valence-electron chi connectivity index (χ0n) is 9.15. The Bertz CT molecular complexity index is 190. The van der Waals surface area contributed by atoms with Crippen LogP contribution in [0.15, 0.2) is 0 Å². The molecule has 4 unspecified atom stereocenters. The van der Waals surface area contributed by atoms with Crippen LogP contribution in [0.3, 0.4) is 0 Å². The van der Waals surface area contributed by atoms with Crippen LogP contribution >= 0.6 is 11.8 Å². The first-order valence-electron chi connectivity index (χ1n) is 5.74. The van der Waals surface area contributed by atoms with E-state index in [1.807, 2.05) is 0 Å². The molecule has 82 valence electrons. The summed E-state index contributed by atoms with van der Waals surface area (Å²) in [6, 6.07) is 0.459. The quantitative estimate of drug-likeness (QED) is 0.720. The van der Waals surface area contributed by atoms with Crippen molar-refractivity contribution in [1.82, 2.24) is 4.90 Å². The molecule has 1 heterocycles. The molecule has 0 amide bonds. The maximum Gasteiger partial charge on any atom is 0.0695 e. The summed E-state index contributed by atoms with van der Waals surface area (Å²) in [6.45, 7) is 6.93. The lowest BCUT2D eigenvalue weighted by Crippen LogP contribution is -2.49. The Morgan fingerprint density at radius 2 is 1.79 bits per heavy atom. The smallest absolute Gasteiger partial charge is 0.0695 e. The molecule has 1 aliphatic carbocycles. The molecule has 0 spiro atoms. The van der Waals surface area contributed by atoms with Gasteiger partial charge in [0.2, 0.25) is 0 Å². The molecule has 0 bridgehead atoms. The number of hydrogen-bond donors (Lipinski definition) is 1. The number of nitrogens with zero attached hydrogens (tertiary/aromatic N) is 1.